The molecule has 1 aromatic rings. The van der Waals surface area contributed by atoms with Crippen LogP contribution in [-0.4, -0.2) is 19.4 Å². The van der Waals surface area contributed by atoms with Crippen molar-refractivity contribution in [3.63, 3.8) is 0 Å². The summed E-state index contributed by atoms with van der Waals surface area (Å²) in [7, 11) is 1.71. The zero-order valence-corrected chi connectivity index (χ0v) is 9.35. The molecule has 2 nitrogen and oxygen atoms in total. The van der Waals surface area contributed by atoms with Crippen LogP contribution in [-0.2, 0) is 5.75 Å². The molecule has 0 heterocycles. The molecule has 0 atom stereocenters. The van der Waals surface area contributed by atoms with E-state index >= 15 is 0 Å². The van der Waals surface area contributed by atoms with Gasteiger partial charge in [-0.15, -0.1) is 0 Å². The highest BCUT2D eigenvalue weighted by Crippen LogP contribution is 2.22. The van der Waals surface area contributed by atoms with Gasteiger partial charge < -0.3 is 10.5 Å². The molecule has 0 fully saturated rings. The Morgan fingerprint density at radius 2 is 2.14 bits per heavy atom. The first-order valence-electron chi connectivity index (χ1n) is 4.78. The third kappa shape index (κ3) is 3.60. The summed E-state index contributed by atoms with van der Waals surface area (Å²) >= 11 is 1.90. The van der Waals surface area contributed by atoms with E-state index in [0.717, 1.165) is 30.2 Å². The van der Waals surface area contributed by atoms with Crippen molar-refractivity contribution in [1.29, 1.82) is 0 Å². The smallest absolute Gasteiger partial charge is 0.122 e. The van der Waals surface area contributed by atoms with Gasteiger partial charge in [-0.25, -0.2) is 0 Å². The average Bonchev–Trinajstić information content (AvgIpc) is 2.25. The standard InChI is InChI=1S/C11H17NOS/c1-13-11-6-3-2-5-10(11)9-14-8-4-7-12/h2-3,5-6H,4,7-9,12H2,1H3. The van der Waals surface area contributed by atoms with E-state index in [1.165, 1.54) is 5.56 Å². The summed E-state index contributed by atoms with van der Waals surface area (Å²) in [5.41, 5.74) is 6.69. The zero-order valence-electron chi connectivity index (χ0n) is 8.53. The number of hydrogen-bond acceptors (Lipinski definition) is 3. The van der Waals surface area contributed by atoms with Crippen LogP contribution in [0.5, 0.6) is 5.75 Å². The number of nitrogens with two attached hydrogens (primary N) is 1. The summed E-state index contributed by atoms with van der Waals surface area (Å²) in [4.78, 5) is 0. The van der Waals surface area contributed by atoms with E-state index in [-0.39, 0.29) is 0 Å². The van der Waals surface area contributed by atoms with Gasteiger partial charge in [-0.1, -0.05) is 18.2 Å². The van der Waals surface area contributed by atoms with Crippen molar-refractivity contribution in [2.45, 2.75) is 12.2 Å². The molecule has 0 saturated carbocycles. The molecule has 0 aliphatic heterocycles. The van der Waals surface area contributed by atoms with Gasteiger partial charge in [0.15, 0.2) is 0 Å². The Morgan fingerprint density at radius 3 is 2.86 bits per heavy atom. The lowest BCUT2D eigenvalue weighted by Crippen LogP contribution is -1.99. The van der Waals surface area contributed by atoms with Gasteiger partial charge >= 0.3 is 0 Å². The predicted octanol–water partition coefficient (Wildman–Crippen LogP) is 2.28. The van der Waals surface area contributed by atoms with Crippen LogP contribution in [0.3, 0.4) is 0 Å². The Balaban J connectivity index is 2.41. The number of benzene rings is 1. The molecule has 0 saturated heterocycles. The van der Waals surface area contributed by atoms with E-state index < -0.39 is 0 Å². The average molecular weight is 211 g/mol. The fourth-order valence-electron chi connectivity index (χ4n) is 1.19. The first kappa shape index (κ1) is 11.4. The molecule has 1 rings (SSSR count). The first-order chi connectivity index (χ1) is 6.88. The number of ether oxygens (including phenoxy) is 1. The van der Waals surface area contributed by atoms with Crippen LogP contribution in [0.2, 0.25) is 0 Å². The maximum Gasteiger partial charge on any atom is 0.122 e. The molecule has 0 amide bonds. The summed E-state index contributed by atoms with van der Waals surface area (Å²) in [5.74, 6) is 3.10. The van der Waals surface area contributed by atoms with Crippen molar-refractivity contribution < 1.29 is 4.74 Å². The van der Waals surface area contributed by atoms with Gasteiger partial charge in [0.05, 0.1) is 7.11 Å². The van der Waals surface area contributed by atoms with E-state index in [0.29, 0.717) is 0 Å². The van der Waals surface area contributed by atoms with Crippen LogP contribution in [0.1, 0.15) is 12.0 Å². The minimum atomic E-state index is 0.777. The van der Waals surface area contributed by atoms with Crippen LogP contribution < -0.4 is 10.5 Å². The second kappa shape index (κ2) is 6.74. The Labute approximate surface area is 89.8 Å². The summed E-state index contributed by atoms with van der Waals surface area (Å²) in [5, 5.41) is 0. The van der Waals surface area contributed by atoms with Crippen LogP contribution in [0.25, 0.3) is 0 Å². The largest absolute Gasteiger partial charge is 0.496 e. The van der Waals surface area contributed by atoms with Crippen LogP contribution in [0.4, 0.5) is 0 Å². The van der Waals surface area contributed by atoms with Crippen molar-refractivity contribution in [2.75, 3.05) is 19.4 Å². The quantitative estimate of drug-likeness (QED) is 0.733. The molecule has 0 unspecified atom stereocenters. The molecule has 78 valence electrons. The van der Waals surface area contributed by atoms with E-state index in [9.17, 15) is 0 Å². The maximum absolute atomic E-state index is 5.43. The summed E-state index contributed by atoms with van der Waals surface area (Å²) < 4.78 is 5.26. The van der Waals surface area contributed by atoms with Gasteiger partial charge in [0.2, 0.25) is 0 Å². The van der Waals surface area contributed by atoms with E-state index in [1.54, 1.807) is 7.11 Å². The Hall–Kier alpha value is -0.670. The van der Waals surface area contributed by atoms with Crippen molar-refractivity contribution in [3.8, 4) is 5.75 Å². The highest BCUT2D eigenvalue weighted by Gasteiger charge is 2.00. The van der Waals surface area contributed by atoms with Crippen molar-refractivity contribution in [2.24, 2.45) is 5.73 Å². The molecule has 0 aromatic heterocycles. The fourth-order valence-corrected chi connectivity index (χ4v) is 2.16. The molecule has 14 heavy (non-hydrogen) atoms. The number of para-hydroxylation sites is 1. The van der Waals surface area contributed by atoms with E-state index in [4.69, 9.17) is 10.5 Å². The van der Waals surface area contributed by atoms with Gasteiger partial charge in [0.1, 0.15) is 5.75 Å². The molecular formula is C11H17NOS. The lowest BCUT2D eigenvalue weighted by atomic mass is 10.2. The van der Waals surface area contributed by atoms with Crippen LogP contribution in [0.15, 0.2) is 24.3 Å². The normalized spacial score (nSPS) is 10.1. The molecule has 1 aromatic carbocycles. The Kier molecular flexibility index (Phi) is 5.49. The third-order valence-corrected chi connectivity index (χ3v) is 3.04. The van der Waals surface area contributed by atoms with Crippen molar-refractivity contribution in [3.05, 3.63) is 29.8 Å². The maximum atomic E-state index is 5.43. The zero-order chi connectivity index (χ0) is 10.2. The van der Waals surface area contributed by atoms with Crippen molar-refractivity contribution in [1.82, 2.24) is 0 Å². The lowest BCUT2D eigenvalue weighted by Gasteiger charge is -2.07. The second-order valence-electron chi connectivity index (χ2n) is 3.01. The molecule has 2 N–H and O–H groups in total. The Bertz CT molecular complexity index is 265. The van der Waals surface area contributed by atoms with Gasteiger partial charge in [0, 0.05) is 11.3 Å². The van der Waals surface area contributed by atoms with Gasteiger partial charge in [-0.3, -0.25) is 0 Å². The summed E-state index contributed by atoms with van der Waals surface area (Å²) in [6.45, 7) is 0.777. The molecule has 0 bridgehead atoms. The number of methoxy groups -OCH3 is 1. The minimum absolute atomic E-state index is 0.777. The van der Waals surface area contributed by atoms with E-state index in [1.807, 2.05) is 30.0 Å². The topological polar surface area (TPSA) is 35.2 Å². The number of rotatable bonds is 6. The number of thioether (sulfide) groups is 1. The number of hydrogen-bond donors (Lipinski definition) is 1. The van der Waals surface area contributed by atoms with Gasteiger partial charge in [-0.2, -0.15) is 11.8 Å². The van der Waals surface area contributed by atoms with Crippen LogP contribution >= 0.6 is 11.8 Å². The van der Waals surface area contributed by atoms with Crippen molar-refractivity contribution >= 4 is 11.8 Å². The molecule has 0 aliphatic carbocycles. The predicted molar refractivity (Wildman–Crippen MR) is 62.8 cm³/mol. The molecule has 3 heteroatoms. The molecule has 0 radical (unpaired) electrons. The van der Waals surface area contributed by atoms with Crippen LogP contribution in [0, 0.1) is 0 Å². The highest BCUT2D eigenvalue weighted by molar-refractivity contribution is 7.98. The fraction of sp³-hybridized carbons (Fsp3) is 0.455. The minimum Gasteiger partial charge on any atom is -0.496 e. The summed E-state index contributed by atoms with van der Waals surface area (Å²) in [6.07, 6.45) is 1.08. The molecular weight excluding hydrogens is 194 g/mol. The monoisotopic (exact) mass is 211 g/mol. The third-order valence-electron chi connectivity index (χ3n) is 1.94. The molecule has 0 spiro atoms. The first-order valence-corrected chi connectivity index (χ1v) is 5.93. The van der Waals surface area contributed by atoms with Gasteiger partial charge in [-0.05, 0) is 24.8 Å². The highest BCUT2D eigenvalue weighted by atomic mass is 32.2. The molecule has 0 aliphatic rings. The summed E-state index contributed by atoms with van der Waals surface area (Å²) in [6, 6.07) is 8.14. The van der Waals surface area contributed by atoms with E-state index in [2.05, 4.69) is 6.07 Å². The Morgan fingerprint density at radius 1 is 1.36 bits per heavy atom. The SMILES string of the molecule is COc1ccccc1CSCCCN. The lowest BCUT2D eigenvalue weighted by molar-refractivity contribution is 0.411. The second-order valence-corrected chi connectivity index (χ2v) is 4.11. The van der Waals surface area contributed by atoms with Gasteiger partial charge in [0.25, 0.3) is 0 Å².